The van der Waals surface area contributed by atoms with Crippen LogP contribution >= 0.6 is 0 Å². The Morgan fingerprint density at radius 2 is 1.83 bits per heavy atom. The van der Waals surface area contributed by atoms with Gasteiger partial charge in [0.15, 0.2) is 5.65 Å². The Balaban J connectivity index is 1.56. The highest BCUT2D eigenvalue weighted by molar-refractivity contribution is 5.94. The van der Waals surface area contributed by atoms with Crippen LogP contribution in [0.5, 0.6) is 0 Å². The van der Waals surface area contributed by atoms with E-state index in [1.54, 1.807) is 40.4 Å². The van der Waals surface area contributed by atoms with E-state index >= 15 is 0 Å². The van der Waals surface area contributed by atoms with E-state index in [-0.39, 0.29) is 30.9 Å². The summed E-state index contributed by atoms with van der Waals surface area (Å²) in [4.78, 5) is 42.4. The fourth-order valence-electron chi connectivity index (χ4n) is 3.91. The van der Waals surface area contributed by atoms with Gasteiger partial charge in [-0.1, -0.05) is 24.3 Å². The lowest BCUT2D eigenvalue weighted by Gasteiger charge is -2.11. The maximum absolute atomic E-state index is 13.2. The summed E-state index contributed by atoms with van der Waals surface area (Å²) in [6, 6.07) is 16.1. The van der Waals surface area contributed by atoms with E-state index in [4.69, 9.17) is 4.74 Å². The molecule has 9 heteroatoms. The van der Waals surface area contributed by atoms with Crippen molar-refractivity contribution in [1.82, 2.24) is 19.3 Å². The number of carbonyl (C=O) groups is 2. The summed E-state index contributed by atoms with van der Waals surface area (Å²) in [5.41, 5.74) is 3.71. The van der Waals surface area contributed by atoms with Gasteiger partial charge in [0, 0.05) is 25.1 Å². The van der Waals surface area contributed by atoms with Crippen molar-refractivity contribution in [3.8, 4) is 5.69 Å². The third kappa shape index (κ3) is 4.98. The first kappa shape index (κ1) is 23.9. The van der Waals surface area contributed by atoms with Crippen LogP contribution < -0.4 is 10.9 Å². The third-order valence-electron chi connectivity index (χ3n) is 5.56. The second-order valence-corrected chi connectivity index (χ2v) is 7.96. The van der Waals surface area contributed by atoms with Crippen molar-refractivity contribution in [1.29, 1.82) is 0 Å². The number of ether oxygens (including phenoxy) is 1. The molecule has 0 aliphatic rings. The number of nitrogens with zero attached hydrogens (tertiary/aromatic N) is 4. The molecule has 0 aliphatic carbocycles. The molecule has 0 saturated heterocycles. The summed E-state index contributed by atoms with van der Waals surface area (Å²) in [5.74, 6) is -0.736. The van der Waals surface area contributed by atoms with Gasteiger partial charge in [0.1, 0.15) is 11.2 Å². The van der Waals surface area contributed by atoms with Gasteiger partial charge in [-0.3, -0.25) is 14.2 Å². The number of amides is 1. The summed E-state index contributed by atoms with van der Waals surface area (Å²) in [5, 5.41) is 7.39. The number of benzene rings is 2. The zero-order chi connectivity index (χ0) is 24.9. The average molecular weight is 474 g/mol. The predicted octanol–water partition coefficient (Wildman–Crippen LogP) is 3.66. The van der Waals surface area contributed by atoms with E-state index < -0.39 is 5.97 Å². The standard InChI is InChI=1S/C26H27N5O4/c1-4-30-24-23(17(3)29-31(24)20-12-7-6-8-13-20)28-21(25(30)33)14-15-22(32)27-19-11-9-10-18(16-19)26(34)35-5-2/h6-13,16H,4-5,14-15H2,1-3H3,(H,27,32). The van der Waals surface area contributed by atoms with Gasteiger partial charge >= 0.3 is 5.97 Å². The number of hydrogen-bond acceptors (Lipinski definition) is 6. The number of hydrogen-bond donors (Lipinski definition) is 1. The molecule has 0 aliphatic heterocycles. The summed E-state index contributed by atoms with van der Waals surface area (Å²) in [6.45, 7) is 6.19. The number of aromatic nitrogens is 4. The molecular formula is C26H27N5O4. The summed E-state index contributed by atoms with van der Waals surface area (Å²) in [7, 11) is 0. The molecular weight excluding hydrogens is 446 g/mol. The lowest BCUT2D eigenvalue weighted by molar-refractivity contribution is -0.116. The van der Waals surface area contributed by atoms with Crippen molar-refractivity contribution < 1.29 is 14.3 Å². The second kappa shape index (κ2) is 10.3. The third-order valence-corrected chi connectivity index (χ3v) is 5.56. The van der Waals surface area contributed by atoms with Crippen molar-refractivity contribution in [2.24, 2.45) is 0 Å². The SMILES string of the molecule is CCOC(=O)c1cccc(NC(=O)CCc2nc3c(C)nn(-c4ccccc4)c3n(CC)c2=O)c1. The molecule has 4 rings (SSSR count). The molecule has 2 aromatic carbocycles. The zero-order valence-electron chi connectivity index (χ0n) is 19.9. The van der Waals surface area contributed by atoms with Crippen LogP contribution in [0.25, 0.3) is 16.9 Å². The molecule has 35 heavy (non-hydrogen) atoms. The molecule has 1 amide bonds. The molecule has 2 aromatic heterocycles. The minimum absolute atomic E-state index is 0.0625. The van der Waals surface area contributed by atoms with Crippen LogP contribution in [-0.4, -0.2) is 37.8 Å². The predicted molar refractivity (Wildman–Crippen MR) is 133 cm³/mol. The molecule has 4 aromatic rings. The molecule has 0 radical (unpaired) electrons. The van der Waals surface area contributed by atoms with Crippen molar-refractivity contribution in [3.05, 3.63) is 81.9 Å². The van der Waals surface area contributed by atoms with Gasteiger partial charge in [0.2, 0.25) is 5.91 Å². The van der Waals surface area contributed by atoms with Gasteiger partial charge in [-0.05, 0) is 51.1 Å². The molecule has 0 bridgehead atoms. The van der Waals surface area contributed by atoms with Gasteiger partial charge in [0.05, 0.1) is 23.6 Å². The quantitative estimate of drug-likeness (QED) is 0.391. The Labute approximate surface area is 202 Å². The van der Waals surface area contributed by atoms with Gasteiger partial charge in [-0.25, -0.2) is 14.5 Å². The van der Waals surface area contributed by atoms with E-state index in [9.17, 15) is 14.4 Å². The molecule has 9 nitrogen and oxygen atoms in total. The van der Waals surface area contributed by atoms with Crippen LogP contribution in [0.2, 0.25) is 0 Å². The van der Waals surface area contributed by atoms with E-state index in [1.165, 1.54) is 0 Å². The molecule has 0 atom stereocenters. The smallest absolute Gasteiger partial charge is 0.338 e. The van der Waals surface area contributed by atoms with Crippen molar-refractivity contribution in [3.63, 3.8) is 0 Å². The normalized spacial score (nSPS) is 10.9. The highest BCUT2D eigenvalue weighted by Crippen LogP contribution is 2.20. The summed E-state index contributed by atoms with van der Waals surface area (Å²) >= 11 is 0. The van der Waals surface area contributed by atoms with E-state index in [1.807, 2.05) is 44.2 Å². The lowest BCUT2D eigenvalue weighted by Crippen LogP contribution is -2.27. The summed E-state index contributed by atoms with van der Waals surface area (Å²) in [6.07, 6.45) is 0.237. The lowest BCUT2D eigenvalue weighted by atomic mass is 10.2. The first-order valence-electron chi connectivity index (χ1n) is 11.5. The Morgan fingerprint density at radius 3 is 2.54 bits per heavy atom. The Morgan fingerprint density at radius 1 is 1.06 bits per heavy atom. The number of esters is 1. The molecule has 0 unspecified atom stereocenters. The number of nitrogens with one attached hydrogen (secondary N) is 1. The van der Waals surface area contributed by atoms with Gasteiger partial charge in [0.25, 0.3) is 5.56 Å². The maximum Gasteiger partial charge on any atom is 0.338 e. The Kier molecular flexibility index (Phi) is 7.05. The number of carbonyl (C=O) groups excluding carboxylic acids is 2. The number of aryl methyl sites for hydroxylation is 3. The highest BCUT2D eigenvalue weighted by atomic mass is 16.5. The molecule has 0 saturated carbocycles. The monoisotopic (exact) mass is 473 g/mol. The summed E-state index contributed by atoms with van der Waals surface area (Å²) < 4.78 is 8.38. The van der Waals surface area contributed by atoms with E-state index in [0.29, 0.717) is 40.3 Å². The van der Waals surface area contributed by atoms with Gasteiger partial charge in [-0.2, -0.15) is 5.10 Å². The Hall–Kier alpha value is -4.27. The molecule has 180 valence electrons. The first-order valence-corrected chi connectivity index (χ1v) is 11.5. The van der Waals surface area contributed by atoms with Crippen LogP contribution in [0.1, 0.15) is 42.0 Å². The minimum Gasteiger partial charge on any atom is -0.462 e. The van der Waals surface area contributed by atoms with Crippen molar-refractivity contribution >= 4 is 28.7 Å². The average Bonchev–Trinajstić information content (AvgIpc) is 3.19. The fourth-order valence-corrected chi connectivity index (χ4v) is 3.91. The van der Waals surface area contributed by atoms with Crippen LogP contribution in [0.15, 0.2) is 59.4 Å². The van der Waals surface area contributed by atoms with Crippen LogP contribution in [0.3, 0.4) is 0 Å². The number of rotatable bonds is 8. The molecule has 2 heterocycles. The minimum atomic E-state index is -0.451. The van der Waals surface area contributed by atoms with E-state index in [0.717, 1.165) is 5.69 Å². The van der Waals surface area contributed by atoms with Crippen LogP contribution in [0, 0.1) is 6.92 Å². The van der Waals surface area contributed by atoms with Crippen molar-refractivity contribution in [2.75, 3.05) is 11.9 Å². The van der Waals surface area contributed by atoms with Crippen LogP contribution in [-0.2, 0) is 22.5 Å². The molecule has 0 fully saturated rings. The molecule has 0 spiro atoms. The number of anilines is 1. The van der Waals surface area contributed by atoms with Gasteiger partial charge < -0.3 is 10.1 Å². The van der Waals surface area contributed by atoms with Gasteiger partial charge in [-0.15, -0.1) is 0 Å². The van der Waals surface area contributed by atoms with E-state index in [2.05, 4.69) is 15.4 Å². The molecule has 1 N–H and O–H groups in total. The largest absolute Gasteiger partial charge is 0.462 e. The highest BCUT2D eigenvalue weighted by Gasteiger charge is 2.19. The maximum atomic E-state index is 13.2. The topological polar surface area (TPSA) is 108 Å². The first-order chi connectivity index (χ1) is 16.9. The number of fused-ring (bicyclic) bond motifs is 1. The number of para-hydroxylation sites is 1. The van der Waals surface area contributed by atoms with Crippen molar-refractivity contribution in [2.45, 2.75) is 40.2 Å². The van der Waals surface area contributed by atoms with Crippen LogP contribution in [0.4, 0.5) is 5.69 Å². The second-order valence-electron chi connectivity index (χ2n) is 7.96. The Bertz CT molecular complexity index is 1440. The fraction of sp³-hybridized carbons (Fsp3) is 0.269. The zero-order valence-corrected chi connectivity index (χ0v) is 19.9.